The number of carbonyl (C=O) groups is 1. The third-order valence-electron chi connectivity index (χ3n) is 4.64. The second-order valence-electron chi connectivity index (χ2n) is 6.47. The molecule has 1 aromatic carbocycles. The predicted molar refractivity (Wildman–Crippen MR) is 104 cm³/mol. The molecule has 150 valence electrons. The van der Waals surface area contributed by atoms with Gasteiger partial charge in [0.15, 0.2) is 9.84 Å². The molecular weight excluding hydrogens is 370 g/mol. The van der Waals surface area contributed by atoms with Gasteiger partial charge in [0.05, 0.1) is 32.3 Å². The lowest BCUT2D eigenvalue weighted by Gasteiger charge is -2.27. The molecule has 0 radical (unpaired) electrons. The van der Waals surface area contributed by atoms with Gasteiger partial charge < -0.3 is 19.1 Å². The molecule has 0 aliphatic carbocycles. The molecule has 0 aromatic heterocycles. The van der Waals surface area contributed by atoms with E-state index >= 15 is 0 Å². The Bertz CT molecular complexity index is 802. The van der Waals surface area contributed by atoms with Gasteiger partial charge in [0.2, 0.25) is 5.91 Å². The van der Waals surface area contributed by atoms with E-state index in [1.54, 1.807) is 38.4 Å². The van der Waals surface area contributed by atoms with Crippen molar-refractivity contribution in [1.82, 2.24) is 4.90 Å². The summed E-state index contributed by atoms with van der Waals surface area (Å²) in [5.41, 5.74) is 1.50. The number of benzene rings is 1. The summed E-state index contributed by atoms with van der Waals surface area (Å²) in [5.74, 6) is 1.14. The van der Waals surface area contributed by atoms with E-state index in [0.717, 1.165) is 11.1 Å². The Kier molecular flexibility index (Phi) is 7.26. The number of sulfone groups is 1. The SMILES string of the molecule is COCCN(C(=O)/C=C(\C)c1ccc(OC)cc1OC)C1CCS(=O)(=O)C1. The highest BCUT2D eigenvalue weighted by molar-refractivity contribution is 7.91. The van der Waals surface area contributed by atoms with Crippen LogP contribution in [0.5, 0.6) is 11.5 Å². The number of allylic oxidation sites excluding steroid dienone is 1. The van der Waals surface area contributed by atoms with Crippen LogP contribution in [0.4, 0.5) is 0 Å². The Morgan fingerprint density at radius 2 is 2.00 bits per heavy atom. The summed E-state index contributed by atoms with van der Waals surface area (Å²) >= 11 is 0. The molecule has 8 heteroatoms. The molecule has 0 saturated carbocycles. The van der Waals surface area contributed by atoms with Gasteiger partial charge in [0.1, 0.15) is 11.5 Å². The molecule has 0 spiro atoms. The van der Waals surface area contributed by atoms with Gasteiger partial charge in [-0.2, -0.15) is 0 Å². The number of hydrogen-bond donors (Lipinski definition) is 0. The normalized spacial score (nSPS) is 19.0. The predicted octanol–water partition coefficient (Wildman–Crippen LogP) is 1.77. The number of ether oxygens (including phenoxy) is 3. The molecule has 27 heavy (non-hydrogen) atoms. The van der Waals surface area contributed by atoms with Crippen LogP contribution in [0.15, 0.2) is 24.3 Å². The third-order valence-corrected chi connectivity index (χ3v) is 6.39. The zero-order valence-corrected chi connectivity index (χ0v) is 17.0. The maximum Gasteiger partial charge on any atom is 0.247 e. The molecule has 1 heterocycles. The first kappa shape index (κ1) is 21.2. The first-order valence-corrected chi connectivity index (χ1v) is 10.5. The Balaban J connectivity index is 2.26. The summed E-state index contributed by atoms with van der Waals surface area (Å²) in [4.78, 5) is 14.5. The maximum absolute atomic E-state index is 12.9. The fraction of sp³-hybridized carbons (Fsp3) is 0.526. The fourth-order valence-electron chi connectivity index (χ4n) is 3.15. The zero-order chi connectivity index (χ0) is 20.0. The summed E-state index contributed by atoms with van der Waals surface area (Å²) in [6.07, 6.45) is 1.97. The number of carbonyl (C=O) groups excluding carboxylic acids is 1. The van der Waals surface area contributed by atoms with Crippen LogP contribution >= 0.6 is 0 Å². The number of rotatable bonds is 8. The molecule has 1 aliphatic heterocycles. The lowest BCUT2D eigenvalue weighted by Crippen LogP contribution is -2.42. The standard InChI is InChI=1S/C19H27NO6S/c1-14(17-6-5-16(25-3)12-18(17)26-4)11-19(21)20(8-9-24-2)15-7-10-27(22,23)13-15/h5-6,11-12,15H,7-10,13H2,1-4H3/b14-11+. The van der Waals surface area contributed by atoms with Crippen LogP contribution in [0, 0.1) is 0 Å². The molecule has 1 atom stereocenters. The minimum atomic E-state index is -3.09. The summed E-state index contributed by atoms with van der Waals surface area (Å²) in [6.45, 7) is 2.52. The van der Waals surface area contributed by atoms with Gasteiger partial charge >= 0.3 is 0 Å². The third kappa shape index (κ3) is 5.46. The average molecular weight is 397 g/mol. The van der Waals surface area contributed by atoms with Gasteiger partial charge in [-0.15, -0.1) is 0 Å². The second kappa shape index (κ2) is 9.23. The highest BCUT2D eigenvalue weighted by Gasteiger charge is 2.34. The van der Waals surface area contributed by atoms with Crippen molar-refractivity contribution in [2.45, 2.75) is 19.4 Å². The Morgan fingerprint density at radius 3 is 2.56 bits per heavy atom. The smallest absolute Gasteiger partial charge is 0.247 e. The summed E-state index contributed by atoms with van der Waals surface area (Å²) in [6, 6.07) is 5.06. The Morgan fingerprint density at radius 1 is 1.26 bits per heavy atom. The second-order valence-corrected chi connectivity index (χ2v) is 8.70. The van der Waals surface area contributed by atoms with Gasteiger partial charge in [0, 0.05) is 37.4 Å². The number of methoxy groups -OCH3 is 3. The van der Waals surface area contributed by atoms with E-state index in [9.17, 15) is 13.2 Å². The molecule has 1 saturated heterocycles. The van der Waals surface area contributed by atoms with Gasteiger partial charge in [-0.1, -0.05) is 0 Å². The highest BCUT2D eigenvalue weighted by Crippen LogP contribution is 2.30. The molecule has 1 fully saturated rings. The first-order valence-electron chi connectivity index (χ1n) is 8.72. The van der Waals surface area contributed by atoms with E-state index in [2.05, 4.69) is 0 Å². The van der Waals surface area contributed by atoms with Crippen molar-refractivity contribution in [3.8, 4) is 11.5 Å². The van der Waals surface area contributed by atoms with Gasteiger partial charge in [-0.05, 0) is 31.1 Å². The highest BCUT2D eigenvalue weighted by atomic mass is 32.2. The molecular formula is C19H27NO6S. The van der Waals surface area contributed by atoms with Gasteiger partial charge in [0.25, 0.3) is 0 Å². The van der Waals surface area contributed by atoms with E-state index in [4.69, 9.17) is 14.2 Å². The first-order chi connectivity index (χ1) is 12.8. The lowest BCUT2D eigenvalue weighted by atomic mass is 10.0. The van der Waals surface area contributed by atoms with Crippen LogP contribution < -0.4 is 9.47 Å². The van der Waals surface area contributed by atoms with E-state index in [1.165, 1.54) is 6.08 Å². The van der Waals surface area contributed by atoms with E-state index in [-0.39, 0.29) is 23.5 Å². The molecule has 0 N–H and O–H groups in total. The van der Waals surface area contributed by atoms with E-state index in [0.29, 0.717) is 31.1 Å². The zero-order valence-electron chi connectivity index (χ0n) is 16.2. The van der Waals surface area contributed by atoms with Crippen molar-refractivity contribution in [3.63, 3.8) is 0 Å². The van der Waals surface area contributed by atoms with Crippen LogP contribution in [0.2, 0.25) is 0 Å². The molecule has 1 unspecified atom stereocenters. The van der Waals surface area contributed by atoms with Crippen molar-refractivity contribution in [2.24, 2.45) is 0 Å². The monoisotopic (exact) mass is 397 g/mol. The molecule has 7 nitrogen and oxygen atoms in total. The Hall–Kier alpha value is -2.06. The summed E-state index contributed by atoms with van der Waals surface area (Å²) in [7, 11) is 1.60. The van der Waals surface area contributed by atoms with Gasteiger partial charge in [-0.3, -0.25) is 4.79 Å². The van der Waals surface area contributed by atoms with Crippen molar-refractivity contribution in [1.29, 1.82) is 0 Å². The lowest BCUT2D eigenvalue weighted by molar-refractivity contribution is -0.128. The molecule has 1 amide bonds. The van der Waals surface area contributed by atoms with Crippen molar-refractivity contribution >= 4 is 21.3 Å². The largest absolute Gasteiger partial charge is 0.497 e. The number of nitrogens with zero attached hydrogens (tertiary/aromatic N) is 1. The molecule has 0 bridgehead atoms. The molecule has 2 rings (SSSR count). The number of amides is 1. The topological polar surface area (TPSA) is 82.1 Å². The minimum absolute atomic E-state index is 0.00119. The van der Waals surface area contributed by atoms with Crippen LogP contribution in [0.3, 0.4) is 0 Å². The van der Waals surface area contributed by atoms with Gasteiger partial charge in [-0.25, -0.2) is 8.42 Å². The van der Waals surface area contributed by atoms with Crippen LogP contribution in [0.25, 0.3) is 5.57 Å². The summed E-state index contributed by atoms with van der Waals surface area (Å²) in [5, 5.41) is 0. The Labute approximate surface area is 160 Å². The van der Waals surface area contributed by atoms with Crippen molar-refractivity contribution in [2.75, 3.05) is 46.0 Å². The van der Waals surface area contributed by atoms with Crippen molar-refractivity contribution in [3.05, 3.63) is 29.8 Å². The van der Waals surface area contributed by atoms with E-state index in [1.807, 2.05) is 13.0 Å². The van der Waals surface area contributed by atoms with E-state index < -0.39 is 9.84 Å². The minimum Gasteiger partial charge on any atom is -0.497 e. The van der Waals surface area contributed by atoms with Crippen molar-refractivity contribution < 1.29 is 27.4 Å². The average Bonchev–Trinajstić information content (AvgIpc) is 3.00. The molecule has 1 aliphatic rings. The van der Waals surface area contributed by atoms with Crippen LogP contribution in [-0.2, 0) is 19.4 Å². The summed E-state index contributed by atoms with van der Waals surface area (Å²) < 4.78 is 39.3. The maximum atomic E-state index is 12.9. The quantitative estimate of drug-likeness (QED) is 0.622. The fourth-order valence-corrected chi connectivity index (χ4v) is 4.88. The molecule has 1 aromatic rings. The van der Waals surface area contributed by atoms with Crippen LogP contribution in [-0.4, -0.2) is 71.3 Å². The van der Waals surface area contributed by atoms with Crippen LogP contribution in [0.1, 0.15) is 18.9 Å². The number of hydrogen-bond acceptors (Lipinski definition) is 6.